The van der Waals surface area contributed by atoms with Crippen molar-refractivity contribution < 1.29 is 24.6 Å². The molecule has 1 aliphatic rings. The van der Waals surface area contributed by atoms with Gasteiger partial charge in [-0.1, -0.05) is 0 Å². The predicted octanol–water partition coefficient (Wildman–Crippen LogP) is 1.72. The van der Waals surface area contributed by atoms with E-state index in [-0.39, 0.29) is 0 Å². The molecule has 0 spiro atoms. The van der Waals surface area contributed by atoms with Gasteiger partial charge < -0.3 is 0 Å². The summed E-state index contributed by atoms with van der Waals surface area (Å²) < 4.78 is 2.75. The minimum atomic E-state index is -0.701. The summed E-state index contributed by atoms with van der Waals surface area (Å²) >= 11 is 5.08. The van der Waals surface area contributed by atoms with Crippen LogP contribution in [0.15, 0.2) is 21.8 Å². The van der Waals surface area contributed by atoms with Crippen LogP contribution in [-0.2, 0) is 24.6 Å². The second kappa shape index (κ2) is 2.88. The van der Waals surface area contributed by atoms with Gasteiger partial charge in [-0.3, -0.25) is 0 Å². The summed E-state index contributed by atoms with van der Waals surface area (Å²) in [5.74, 6) is 0. The second-order valence-corrected chi connectivity index (χ2v) is 11.2. The SMILES string of the molecule is Cl[CH]1C=CC=[CH][Hg]1. The van der Waals surface area contributed by atoms with Gasteiger partial charge in [-0.25, -0.2) is 0 Å². The van der Waals surface area contributed by atoms with Crippen LogP contribution < -0.4 is 0 Å². The molecule has 0 aromatic rings. The monoisotopic (exact) mass is 302 g/mol. The third-order valence-electron chi connectivity index (χ3n) is 0.928. The minimum absolute atomic E-state index is 0.463. The molecule has 1 aliphatic heterocycles. The Bertz CT molecular complexity index is 107. The van der Waals surface area contributed by atoms with Crippen LogP contribution in [0.25, 0.3) is 0 Å². The average Bonchev–Trinajstić information content (AvgIpc) is 1.69. The molecule has 1 atom stereocenters. The molecule has 1 unspecified atom stereocenters. The predicted molar refractivity (Wildman–Crippen MR) is 27.9 cm³/mol. The quantitative estimate of drug-likeness (QED) is 0.472. The van der Waals surface area contributed by atoms with Gasteiger partial charge in [0.15, 0.2) is 0 Å². The number of halogens is 1. The van der Waals surface area contributed by atoms with Gasteiger partial charge in [0.05, 0.1) is 0 Å². The van der Waals surface area contributed by atoms with E-state index in [4.69, 9.17) is 11.6 Å². The van der Waals surface area contributed by atoms with Crippen LogP contribution in [0.1, 0.15) is 0 Å². The van der Waals surface area contributed by atoms with E-state index in [1.165, 1.54) is 0 Å². The molecule has 0 fully saturated rings. The second-order valence-electron chi connectivity index (χ2n) is 1.56. The summed E-state index contributed by atoms with van der Waals surface area (Å²) in [6, 6.07) is 0. The van der Waals surface area contributed by atoms with Crippen LogP contribution in [0.4, 0.5) is 0 Å². The summed E-state index contributed by atoms with van der Waals surface area (Å²) in [5.41, 5.74) is 0. The average molecular weight is 301 g/mol. The van der Waals surface area contributed by atoms with Crippen molar-refractivity contribution >= 4 is 11.6 Å². The van der Waals surface area contributed by atoms with E-state index in [1.54, 1.807) is 0 Å². The first kappa shape index (κ1) is 5.83. The van der Waals surface area contributed by atoms with Crippen molar-refractivity contribution in [3.05, 3.63) is 21.8 Å². The van der Waals surface area contributed by atoms with E-state index in [1.807, 2.05) is 6.08 Å². The molecule has 0 N–H and O–H groups in total. The van der Waals surface area contributed by atoms with Crippen molar-refractivity contribution in [1.82, 2.24) is 0 Å². The normalized spacial score (nSPS) is 26.1. The van der Waals surface area contributed by atoms with Gasteiger partial charge >= 0.3 is 60.9 Å². The van der Waals surface area contributed by atoms with Crippen molar-refractivity contribution in [3.8, 4) is 0 Å². The molecule has 0 aliphatic carbocycles. The molecule has 1 rings (SSSR count). The molecular weight excluding hydrogens is 296 g/mol. The Labute approximate surface area is 60.7 Å². The maximum atomic E-state index is 5.78. The number of alkyl halides is 1. The Balaban J connectivity index is 2.49. The van der Waals surface area contributed by atoms with E-state index in [9.17, 15) is 0 Å². The standard InChI is InChI=1S/C5H5Cl.Hg/c1-2-3-4-5-6;/h1-5H;. The van der Waals surface area contributed by atoms with Crippen LogP contribution in [0.2, 0.25) is 0 Å². The Morgan fingerprint density at radius 3 is 2.57 bits per heavy atom. The van der Waals surface area contributed by atoms with Crippen molar-refractivity contribution in [2.75, 3.05) is 0 Å². The van der Waals surface area contributed by atoms with Gasteiger partial charge in [-0.05, 0) is 0 Å². The van der Waals surface area contributed by atoms with Gasteiger partial charge in [0, 0.05) is 0 Å². The third kappa shape index (κ3) is 1.96. The van der Waals surface area contributed by atoms with E-state index >= 15 is 0 Å². The van der Waals surface area contributed by atoms with Gasteiger partial charge in [-0.15, -0.1) is 0 Å². The topological polar surface area (TPSA) is 0 Å². The molecule has 0 aromatic carbocycles. The van der Waals surface area contributed by atoms with Crippen LogP contribution in [0.3, 0.4) is 0 Å². The summed E-state index contributed by atoms with van der Waals surface area (Å²) in [4.78, 5) is 0. The van der Waals surface area contributed by atoms with E-state index < -0.39 is 24.6 Å². The summed E-state index contributed by atoms with van der Waals surface area (Å²) in [5, 5.41) is 0. The molecule has 34 valence electrons. The fourth-order valence-corrected chi connectivity index (χ4v) is 4.99. The molecule has 0 aromatic heterocycles. The van der Waals surface area contributed by atoms with Gasteiger partial charge in [0.25, 0.3) is 0 Å². The zero-order valence-corrected chi connectivity index (χ0v) is 10.2. The summed E-state index contributed by atoms with van der Waals surface area (Å²) in [6.07, 6.45) is 6.23. The number of hydrogen-bond donors (Lipinski definition) is 0. The maximum absolute atomic E-state index is 5.78. The third-order valence-corrected chi connectivity index (χ3v) is 7.56. The molecule has 1 heterocycles. The molecule has 0 radical (unpaired) electrons. The first-order valence-electron chi connectivity index (χ1n) is 2.37. The van der Waals surface area contributed by atoms with Gasteiger partial charge in [0.1, 0.15) is 0 Å². The fourth-order valence-electron chi connectivity index (χ4n) is 0.550. The van der Waals surface area contributed by atoms with Crippen molar-refractivity contribution in [1.29, 1.82) is 0 Å². The molecule has 0 nitrogen and oxygen atoms in total. The van der Waals surface area contributed by atoms with Gasteiger partial charge in [-0.2, -0.15) is 0 Å². The number of allylic oxidation sites excluding steroid dienone is 3. The van der Waals surface area contributed by atoms with Crippen molar-refractivity contribution in [2.24, 2.45) is 0 Å². The first-order chi connectivity index (χ1) is 3.39. The van der Waals surface area contributed by atoms with E-state index in [2.05, 4.69) is 15.7 Å². The zero-order valence-electron chi connectivity index (χ0n) is 3.97. The molecule has 7 heavy (non-hydrogen) atoms. The molecule has 0 amide bonds. The van der Waals surface area contributed by atoms with E-state index in [0.717, 1.165) is 0 Å². The van der Waals surface area contributed by atoms with Crippen LogP contribution >= 0.6 is 11.6 Å². The van der Waals surface area contributed by atoms with Crippen molar-refractivity contribution in [2.45, 2.75) is 2.89 Å². The van der Waals surface area contributed by atoms with Crippen LogP contribution in [0, 0.1) is 0 Å². The Morgan fingerprint density at radius 1 is 1.43 bits per heavy atom. The fraction of sp³-hybridized carbons (Fsp3) is 0.200. The molecular formula is C5H5ClHg. The summed E-state index contributed by atoms with van der Waals surface area (Å²) in [6.45, 7) is 0. The van der Waals surface area contributed by atoms with Crippen LogP contribution in [-0.4, -0.2) is 2.89 Å². The Morgan fingerprint density at radius 2 is 2.29 bits per heavy atom. The van der Waals surface area contributed by atoms with E-state index in [0.29, 0.717) is 2.89 Å². The molecule has 2 heteroatoms. The van der Waals surface area contributed by atoms with Gasteiger partial charge in [0.2, 0.25) is 0 Å². The molecule has 0 saturated carbocycles. The van der Waals surface area contributed by atoms with Crippen molar-refractivity contribution in [3.63, 3.8) is 0 Å². The molecule has 0 bridgehead atoms. The molecule has 0 saturated heterocycles. The zero-order chi connectivity index (χ0) is 5.11. The Hall–Kier alpha value is 0.705. The number of hydrogen-bond acceptors (Lipinski definition) is 0. The summed E-state index contributed by atoms with van der Waals surface area (Å²) in [7, 11) is 0. The first-order valence-corrected chi connectivity index (χ1v) is 9.15. The van der Waals surface area contributed by atoms with Crippen LogP contribution in [0.5, 0.6) is 0 Å². The number of rotatable bonds is 0. The Kier molecular flexibility index (Phi) is 2.40.